The Morgan fingerprint density at radius 2 is 2.33 bits per heavy atom. The van der Waals surface area contributed by atoms with E-state index in [9.17, 15) is 0 Å². The van der Waals surface area contributed by atoms with Crippen molar-refractivity contribution in [3.63, 3.8) is 0 Å². The van der Waals surface area contributed by atoms with Crippen molar-refractivity contribution < 1.29 is 4.74 Å². The number of aromatic nitrogens is 4. The van der Waals surface area contributed by atoms with Gasteiger partial charge in [0.05, 0.1) is 24.4 Å². The van der Waals surface area contributed by atoms with Crippen molar-refractivity contribution in [2.24, 2.45) is 7.05 Å². The first-order valence-corrected chi connectivity index (χ1v) is 5.92. The number of methoxy groups -OCH3 is 1. The molecule has 1 atom stereocenters. The van der Waals surface area contributed by atoms with E-state index in [0.717, 1.165) is 23.0 Å². The Labute approximate surface area is 106 Å². The number of nitrogens with zero attached hydrogens (tertiary/aromatic N) is 3. The smallest absolute Gasteiger partial charge is 0.216 e. The average Bonchev–Trinajstić information content (AvgIpc) is 2.94. The van der Waals surface area contributed by atoms with Crippen molar-refractivity contribution >= 4 is 0 Å². The average molecular weight is 249 g/mol. The van der Waals surface area contributed by atoms with Gasteiger partial charge in [0.2, 0.25) is 5.88 Å². The molecule has 2 aromatic heterocycles. The second kappa shape index (κ2) is 5.22. The molecular weight excluding hydrogens is 230 g/mol. The summed E-state index contributed by atoms with van der Waals surface area (Å²) in [4.78, 5) is 7.32. The lowest BCUT2D eigenvalue weighted by Gasteiger charge is -2.12. The third-order valence-corrected chi connectivity index (χ3v) is 3.00. The maximum absolute atomic E-state index is 5.36. The zero-order valence-corrected chi connectivity index (χ0v) is 11.2. The Bertz CT molecular complexity index is 503. The molecule has 2 N–H and O–H groups in total. The SMILES string of the molecule is COc1c(CNC(C)c2ncc[nH]2)c(C)nn1C. The van der Waals surface area contributed by atoms with Crippen molar-refractivity contribution in [1.82, 2.24) is 25.1 Å². The summed E-state index contributed by atoms with van der Waals surface area (Å²) in [6, 6.07) is 0.157. The summed E-state index contributed by atoms with van der Waals surface area (Å²) < 4.78 is 7.11. The number of aromatic amines is 1. The van der Waals surface area contributed by atoms with Gasteiger partial charge in [0.15, 0.2) is 0 Å². The topological polar surface area (TPSA) is 67.8 Å². The zero-order chi connectivity index (χ0) is 13.1. The maximum atomic E-state index is 5.36. The fraction of sp³-hybridized carbons (Fsp3) is 0.500. The molecule has 0 fully saturated rings. The van der Waals surface area contributed by atoms with Crippen LogP contribution in [-0.2, 0) is 13.6 Å². The van der Waals surface area contributed by atoms with Gasteiger partial charge in [-0.25, -0.2) is 9.67 Å². The number of hydrogen-bond acceptors (Lipinski definition) is 4. The highest BCUT2D eigenvalue weighted by molar-refractivity contribution is 5.30. The van der Waals surface area contributed by atoms with Gasteiger partial charge in [-0.3, -0.25) is 0 Å². The molecule has 6 heteroatoms. The van der Waals surface area contributed by atoms with Gasteiger partial charge in [0.1, 0.15) is 5.82 Å². The Morgan fingerprint density at radius 3 is 2.94 bits per heavy atom. The van der Waals surface area contributed by atoms with Crippen LogP contribution in [0.15, 0.2) is 12.4 Å². The van der Waals surface area contributed by atoms with Crippen molar-refractivity contribution in [2.45, 2.75) is 26.4 Å². The van der Waals surface area contributed by atoms with Gasteiger partial charge >= 0.3 is 0 Å². The molecule has 6 nitrogen and oxygen atoms in total. The van der Waals surface area contributed by atoms with Crippen molar-refractivity contribution in [2.75, 3.05) is 7.11 Å². The Balaban J connectivity index is 2.06. The molecule has 2 rings (SSSR count). The number of hydrogen-bond donors (Lipinski definition) is 2. The fourth-order valence-corrected chi connectivity index (χ4v) is 2.01. The number of aryl methyl sites for hydroxylation is 2. The number of H-pyrrole nitrogens is 1. The molecule has 2 aromatic rings. The lowest BCUT2D eigenvalue weighted by Crippen LogP contribution is -2.19. The summed E-state index contributed by atoms with van der Waals surface area (Å²) in [5.74, 6) is 1.72. The lowest BCUT2D eigenvalue weighted by atomic mass is 10.2. The van der Waals surface area contributed by atoms with E-state index in [2.05, 4.69) is 27.3 Å². The minimum atomic E-state index is 0.157. The van der Waals surface area contributed by atoms with Crippen LogP contribution in [0.25, 0.3) is 0 Å². The molecule has 98 valence electrons. The quantitative estimate of drug-likeness (QED) is 0.838. The number of imidazole rings is 1. The molecule has 0 saturated heterocycles. The second-order valence-corrected chi connectivity index (χ2v) is 4.27. The van der Waals surface area contributed by atoms with E-state index >= 15 is 0 Å². The van der Waals surface area contributed by atoms with Crippen LogP contribution in [0.4, 0.5) is 0 Å². The molecule has 0 amide bonds. The standard InChI is InChI=1S/C12H19N5O/c1-8-10(12(18-4)17(3)16-8)7-15-9(2)11-13-5-6-14-11/h5-6,9,15H,7H2,1-4H3,(H,13,14). The van der Waals surface area contributed by atoms with Crippen molar-refractivity contribution in [3.05, 3.63) is 29.5 Å². The summed E-state index contributed by atoms with van der Waals surface area (Å²) >= 11 is 0. The van der Waals surface area contributed by atoms with Gasteiger partial charge < -0.3 is 15.0 Å². The number of rotatable bonds is 5. The van der Waals surface area contributed by atoms with E-state index in [-0.39, 0.29) is 6.04 Å². The summed E-state index contributed by atoms with van der Waals surface area (Å²) in [5.41, 5.74) is 2.06. The Morgan fingerprint density at radius 1 is 1.56 bits per heavy atom. The van der Waals surface area contributed by atoms with Crippen LogP contribution in [0.2, 0.25) is 0 Å². The molecule has 0 aliphatic rings. The zero-order valence-electron chi connectivity index (χ0n) is 11.2. The lowest BCUT2D eigenvalue weighted by molar-refractivity contribution is 0.367. The fourth-order valence-electron chi connectivity index (χ4n) is 2.01. The molecule has 0 aromatic carbocycles. The van der Waals surface area contributed by atoms with Gasteiger partial charge in [-0.1, -0.05) is 0 Å². The predicted octanol–water partition coefficient (Wildman–Crippen LogP) is 1.31. The van der Waals surface area contributed by atoms with E-state index in [1.54, 1.807) is 18.0 Å². The van der Waals surface area contributed by atoms with Gasteiger partial charge in [-0.15, -0.1) is 0 Å². The van der Waals surface area contributed by atoms with Gasteiger partial charge in [0.25, 0.3) is 0 Å². The largest absolute Gasteiger partial charge is 0.481 e. The molecule has 0 bridgehead atoms. The van der Waals surface area contributed by atoms with Gasteiger partial charge in [-0.05, 0) is 13.8 Å². The van der Waals surface area contributed by atoms with Crippen molar-refractivity contribution in [1.29, 1.82) is 0 Å². The molecule has 18 heavy (non-hydrogen) atoms. The van der Waals surface area contributed by atoms with Crippen LogP contribution < -0.4 is 10.1 Å². The van der Waals surface area contributed by atoms with Crippen molar-refractivity contribution in [3.8, 4) is 5.88 Å². The van der Waals surface area contributed by atoms with E-state index < -0.39 is 0 Å². The molecular formula is C12H19N5O. The number of ether oxygens (including phenoxy) is 1. The molecule has 0 radical (unpaired) electrons. The van der Waals surface area contributed by atoms with Crippen LogP contribution in [-0.4, -0.2) is 26.9 Å². The van der Waals surface area contributed by atoms with E-state index in [4.69, 9.17) is 4.74 Å². The van der Waals surface area contributed by atoms with Crippen LogP contribution in [0, 0.1) is 6.92 Å². The molecule has 0 spiro atoms. The van der Waals surface area contributed by atoms with E-state index in [0.29, 0.717) is 6.54 Å². The second-order valence-electron chi connectivity index (χ2n) is 4.27. The first kappa shape index (κ1) is 12.6. The van der Waals surface area contributed by atoms with E-state index in [1.165, 1.54) is 0 Å². The third-order valence-electron chi connectivity index (χ3n) is 3.00. The predicted molar refractivity (Wildman–Crippen MR) is 68.3 cm³/mol. The summed E-state index contributed by atoms with van der Waals surface area (Å²) in [6.07, 6.45) is 3.58. The van der Waals surface area contributed by atoms with Crippen LogP contribution >= 0.6 is 0 Å². The highest BCUT2D eigenvalue weighted by atomic mass is 16.5. The molecule has 1 unspecified atom stereocenters. The van der Waals surface area contributed by atoms with E-state index in [1.807, 2.05) is 20.2 Å². The first-order valence-electron chi connectivity index (χ1n) is 5.92. The number of nitrogens with one attached hydrogen (secondary N) is 2. The Hall–Kier alpha value is -1.82. The molecule has 0 aliphatic carbocycles. The Kier molecular flexibility index (Phi) is 3.66. The normalized spacial score (nSPS) is 12.7. The maximum Gasteiger partial charge on any atom is 0.216 e. The third kappa shape index (κ3) is 2.38. The van der Waals surface area contributed by atoms with Crippen LogP contribution in [0.5, 0.6) is 5.88 Å². The van der Waals surface area contributed by atoms with Gasteiger partial charge in [-0.2, -0.15) is 5.10 Å². The summed E-state index contributed by atoms with van der Waals surface area (Å²) in [5, 5.41) is 7.75. The molecule has 0 saturated carbocycles. The highest BCUT2D eigenvalue weighted by Gasteiger charge is 2.15. The molecule has 2 heterocycles. The van der Waals surface area contributed by atoms with Crippen LogP contribution in [0.3, 0.4) is 0 Å². The van der Waals surface area contributed by atoms with Crippen LogP contribution in [0.1, 0.15) is 30.0 Å². The minimum absolute atomic E-state index is 0.157. The minimum Gasteiger partial charge on any atom is -0.481 e. The monoisotopic (exact) mass is 249 g/mol. The highest BCUT2D eigenvalue weighted by Crippen LogP contribution is 2.21. The van der Waals surface area contributed by atoms with Gasteiger partial charge in [0, 0.05) is 26.0 Å². The first-order chi connectivity index (χ1) is 8.63. The summed E-state index contributed by atoms with van der Waals surface area (Å²) in [6.45, 7) is 4.75. The molecule has 0 aliphatic heterocycles. The summed E-state index contributed by atoms with van der Waals surface area (Å²) in [7, 11) is 3.54.